The average molecular weight is 411 g/mol. The third kappa shape index (κ3) is 4.04. The van der Waals surface area contributed by atoms with Gasteiger partial charge in [-0.05, 0) is 60.3 Å². The summed E-state index contributed by atoms with van der Waals surface area (Å²) in [6, 6.07) is 23.9. The van der Waals surface area contributed by atoms with Gasteiger partial charge in [-0.3, -0.25) is 19.4 Å². The summed E-state index contributed by atoms with van der Waals surface area (Å²) < 4.78 is 0. The fourth-order valence-electron chi connectivity index (χ4n) is 4.55. The van der Waals surface area contributed by atoms with E-state index in [-0.39, 0.29) is 11.8 Å². The molecule has 1 saturated heterocycles. The van der Waals surface area contributed by atoms with Crippen LogP contribution >= 0.6 is 0 Å². The number of hydrogen-bond donors (Lipinski definition) is 0. The predicted molar refractivity (Wildman–Crippen MR) is 122 cm³/mol. The van der Waals surface area contributed by atoms with E-state index in [1.165, 1.54) is 48.4 Å². The number of benzene rings is 3. The van der Waals surface area contributed by atoms with Crippen molar-refractivity contribution in [2.24, 2.45) is 0 Å². The highest BCUT2D eigenvalue weighted by molar-refractivity contribution is 6.21. The maximum atomic E-state index is 12.6. The van der Waals surface area contributed by atoms with Crippen LogP contribution in [0.2, 0.25) is 0 Å². The molecule has 0 N–H and O–H groups in total. The van der Waals surface area contributed by atoms with Gasteiger partial charge in [-0.1, -0.05) is 67.1 Å². The van der Waals surface area contributed by atoms with Crippen LogP contribution in [0, 0.1) is 0 Å². The zero-order valence-electron chi connectivity index (χ0n) is 17.6. The van der Waals surface area contributed by atoms with Crippen molar-refractivity contribution in [2.45, 2.75) is 32.4 Å². The molecule has 2 aliphatic rings. The van der Waals surface area contributed by atoms with Crippen molar-refractivity contribution in [1.29, 1.82) is 0 Å². The first-order valence-electron chi connectivity index (χ1n) is 11.0. The lowest BCUT2D eigenvalue weighted by molar-refractivity contribution is 0.0642. The fourth-order valence-corrected chi connectivity index (χ4v) is 4.55. The van der Waals surface area contributed by atoms with Crippen molar-refractivity contribution in [3.63, 3.8) is 0 Å². The second-order valence-corrected chi connectivity index (χ2v) is 8.47. The Morgan fingerprint density at radius 1 is 0.581 bits per heavy atom. The molecule has 0 atom stereocenters. The Morgan fingerprint density at radius 2 is 1.06 bits per heavy atom. The molecular weight excluding hydrogens is 384 g/mol. The molecule has 0 saturated carbocycles. The van der Waals surface area contributed by atoms with E-state index in [1.54, 1.807) is 24.3 Å². The molecule has 31 heavy (non-hydrogen) atoms. The number of carbonyl (C=O) groups is 2. The zero-order chi connectivity index (χ0) is 21.2. The average Bonchev–Trinajstić information content (AvgIpc) is 3.06. The van der Waals surface area contributed by atoms with Crippen molar-refractivity contribution in [3.8, 4) is 11.1 Å². The minimum atomic E-state index is -0.214. The molecule has 2 amide bonds. The van der Waals surface area contributed by atoms with Gasteiger partial charge in [0.25, 0.3) is 11.8 Å². The van der Waals surface area contributed by atoms with Crippen LogP contribution in [-0.2, 0) is 13.1 Å². The number of carbonyl (C=O) groups excluding carboxylic acids is 2. The first kappa shape index (κ1) is 19.7. The van der Waals surface area contributed by atoms with Crippen LogP contribution < -0.4 is 0 Å². The largest absolute Gasteiger partial charge is 0.299 e. The highest BCUT2D eigenvalue weighted by Crippen LogP contribution is 2.26. The number of piperidine rings is 1. The summed E-state index contributed by atoms with van der Waals surface area (Å²) in [5.74, 6) is -0.428. The third-order valence-corrected chi connectivity index (χ3v) is 6.31. The minimum Gasteiger partial charge on any atom is -0.299 e. The maximum absolute atomic E-state index is 12.6. The summed E-state index contributed by atoms with van der Waals surface area (Å²) in [4.78, 5) is 29.0. The second kappa shape index (κ2) is 8.48. The molecule has 5 rings (SSSR count). The van der Waals surface area contributed by atoms with Gasteiger partial charge >= 0.3 is 0 Å². The van der Waals surface area contributed by atoms with Crippen molar-refractivity contribution in [2.75, 3.05) is 13.1 Å². The summed E-state index contributed by atoms with van der Waals surface area (Å²) in [7, 11) is 0. The number of amides is 2. The van der Waals surface area contributed by atoms with Crippen LogP contribution in [0.1, 0.15) is 51.1 Å². The number of nitrogens with zero attached hydrogens (tertiary/aromatic N) is 2. The maximum Gasteiger partial charge on any atom is 0.261 e. The van der Waals surface area contributed by atoms with Crippen LogP contribution in [0.15, 0.2) is 72.8 Å². The predicted octanol–water partition coefficient (Wildman–Crippen LogP) is 5.14. The van der Waals surface area contributed by atoms with Gasteiger partial charge in [0.1, 0.15) is 0 Å². The number of imide groups is 1. The van der Waals surface area contributed by atoms with Gasteiger partial charge in [0, 0.05) is 6.54 Å². The van der Waals surface area contributed by atoms with E-state index < -0.39 is 0 Å². The smallest absolute Gasteiger partial charge is 0.261 e. The summed E-state index contributed by atoms with van der Waals surface area (Å²) in [6.07, 6.45) is 3.98. The van der Waals surface area contributed by atoms with Gasteiger partial charge in [0.2, 0.25) is 0 Å². The molecule has 0 unspecified atom stereocenters. The number of likely N-dealkylation sites (tertiary alicyclic amines) is 1. The van der Waals surface area contributed by atoms with Crippen LogP contribution in [0.5, 0.6) is 0 Å². The number of fused-ring (bicyclic) bond motifs is 1. The Labute approximate surface area is 183 Å². The van der Waals surface area contributed by atoms with Crippen LogP contribution in [0.3, 0.4) is 0 Å². The fraction of sp³-hybridized carbons (Fsp3) is 0.259. The van der Waals surface area contributed by atoms with E-state index in [2.05, 4.69) is 41.3 Å². The molecule has 3 aromatic rings. The van der Waals surface area contributed by atoms with Gasteiger partial charge in [-0.2, -0.15) is 0 Å². The molecule has 1 fully saturated rings. The first-order chi connectivity index (χ1) is 15.2. The highest BCUT2D eigenvalue weighted by Gasteiger charge is 2.34. The minimum absolute atomic E-state index is 0.214. The quantitative estimate of drug-likeness (QED) is 0.547. The van der Waals surface area contributed by atoms with Gasteiger partial charge in [-0.25, -0.2) is 0 Å². The molecule has 4 nitrogen and oxygen atoms in total. The van der Waals surface area contributed by atoms with Crippen LogP contribution in [0.25, 0.3) is 11.1 Å². The van der Waals surface area contributed by atoms with Crippen molar-refractivity contribution >= 4 is 11.8 Å². The van der Waals surface area contributed by atoms with E-state index in [0.717, 1.165) is 17.7 Å². The number of rotatable bonds is 5. The molecule has 4 heteroatoms. The second-order valence-electron chi connectivity index (χ2n) is 8.47. The van der Waals surface area contributed by atoms with Gasteiger partial charge in [0.15, 0.2) is 0 Å². The van der Waals surface area contributed by atoms with E-state index >= 15 is 0 Å². The Bertz CT molecular complexity index is 1060. The van der Waals surface area contributed by atoms with E-state index in [1.807, 2.05) is 12.1 Å². The Morgan fingerprint density at radius 3 is 1.58 bits per heavy atom. The number of hydrogen-bond acceptors (Lipinski definition) is 3. The lowest BCUT2D eigenvalue weighted by Gasteiger charge is -2.26. The zero-order valence-corrected chi connectivity index (χ0v) is 17.6. The van der Waals surface area contributed by atoms with Crippen LogP contribution in [0.4, 0.5) is 0 Å². The molecule has 156 valence electrons. The molecule has 0 spiro atoms. The van der Waals surface area contributed by atoms with E-state index in [0.29, 0.717) is 17.7 Å². The van der Waals surface area contributed by atoms with Crippen molar-refractivity contribution in [1.82, 2.24) is 9.80 Å². The summed E-state index contributed by atoms with van der Waals surface area (Å²) >= 11 is 0. The molecule has 0 radical (unpaired) electrons. The Kier molecular flexibility index (Phi) is 5.39. The Hall–Kier alpha value is -3.24. The van der Waals surface area contributed by atoms with Gasteiger partial charge < -0.3 is 0 Å². The third-order valence-electron chi connectivity index (χ3n) is 6.31. The first-order valence-corrected chi connectivity index (χ1v) is 11.0. The summed E-state index contributed by atoms with van der Waals surface area (Å²) in [5, 5.41) is 0. The van der Waals surface area contributed by atoms with E-state index in [4.69, 9.17) is 0 Å². The van der Waals surface area contributed by atoms with Crippen molar-refractivity contribution < 1.29 is 9.59 Å². The normalized spacial score (nSPS) is 16.6. The molecule has 0 aliphatic carbocycles. The van der Waals surface area contributed by atoms with Gasteiger partial charge in [-0.15, -0.1) is 0 Å². The van der Waals surface area contributed by atoms with Gasteiger partial charge in [0.05, 0.1) is 17.7 Å². The standard InChI is InChI=1S/C27H26N2O2/c30-26-24-6-2-3-7-25(24)27(31)29(26)19-21-10-14-23(15-11-21)22-12-8-20(9-13-22)18-28-16-4-1-5-17-28/h2-3,6-15H,1,4-5,16-19H2. The monoisotopic (exact) mass is 410 g/mol. The molecular formula is C27H26N2O2. The molecule has 3 aromatic carbocycles. The highest BCUT2D eigenvalue weighted by atomic mass is 16.2. The van der Waals surface area contributed by atoms with Crippen LogP contribution in [-0.4, -0.2) is 34.7 Å². The van der Waals surface area contributed by atoms with E-state index in [9.17, 15) is 9.59 Å². The molecule has 0 aromatic heterocycles. The summed E-state index contributed by atoms with van der Waals surface area (Å²) in [6.45, 7) is 3.73. The SMILES string of the molecule is O=C1c2ccccc2C(=O)N1Cc1ccc(-c2ccc(CN3CCCCC3)cc2)cc1. The lowest BCUT2D eigenvalue weighted by Crippen LogP contribution is -2.29. The molecule has 2 aliphatic heterocycles. The molecule has 2 heterocycles. The van der Waals surface area contributed by atoms with Crippen molar-refractivity contribution in [3.05, 3.63) is 95.1 Å². The topological polar surface area (TPSA) is 40.6 Å². The summed E-state index contributed by atoms with van der Waals surface area (Å²) in [5.41, 5.74) is 5.60. The lowest BCUT2D eigenvalue weighted by atomic mass is 10.0. The Balaban J connectivity index is 1.25. The molecule has 0 bridgehead atoms.